The minimum atomic E-state index is -0.0965. The van der Waals surface area contributed by atoms with Crippen LogP contribution < -0.4 is 10.9 Å². The summed E-state index contributed by atoms with van der Waals surface area (Å²) in [5.41, 5.74) is 3.50. The van der Waals surface area contributed by atoms with E-state index >= 15 is 0 Å². The van der Waals surface area contributed by atoms with Crippen LogP contribution in [0.2, 0.25) is 5.02 Å². The van der Waals surface area contributed by atoms with Crippen molar-refractivity contribution in [2.24, 2.45) is 0 Å². The number of thiophene rings is 1. The number of benzene rings is 1. The van der Waals surface area contributed by atoms with Crippen molar-refractivity contribution >= 4 is 50.0 Å². The van der Waals surface area contributed by atoms with Crippen LogP contribution in [-0.2, 0) is 12.8 Å². The molecule has 3 aromatic heterocycles. The van der Waals surface area contributed by atoms with Gasteiger partial charge in [0.05, 0.1) is 22.3 Å². The van der Waals surface area contributed by atoms with Gasteiger partial charge in [0, 0.05) is 21.3 Å². The number of pyridine rings is 1. The third-order valence-electron chi connectivity index (χ3n) is 6.18. The molecule has 160 valence electrons. The fourth-order valence-corrected chi connectivity index (χ4v) is 5.80. The Balaban J connectivity index is 1.88. The number of nitrogens with one attached hydrogen (secondary N) is 1. The minimum Gasteiger partial charge on any atom is -0.353 e. The number of hydrogen-bond donors (Lipinski definition) is 1. The average molecular weight is 453 g/mol. The Morgan fingerprint density at radius 3 is 2.65 bits per heavy atom. The molecule has 3 heterocycles. The molecule has 0 saturated heterocycles. The highest BCUT2D eigenvalue weighted by Crippen LogP contribution is 2.39. The molecule has 1 atom stereocenters. The van der Waals surface area contributed by atoms with E-state index in [1.807, 2.05) is 19.1 Å². The van der Waals surface area contributed by atoms with E-state index in [9.17, 15) is 4.79 Å². The molecule has 5 rings (SSSR count). The molecule has 0 radical (unpaired) electrons. The van der Waals surface area contributed by atoms with E-state index in [2.05, 4.69) is 19.2 Å². The highest BCUT2D eigenvalue weighted by molar-refractivity contribution is 7.19. The molecule has 7 heteroatoms. The zero-order chi connectivity index (χ0) is 21.7. The number of aryl methyl sites for hydroxylation is 3. The number of nitrogens with zero attached hydrogens (tertiary/aromatic N) is 3. The molecule has 0 aliphatic heterocycles. The standard InChI is InChI=1S/C24H25ClN4OS/c1-4-13(2)26-24-28-21-19(23(30)29(24)16-11-9-15(25)10-12-16)14(3)27-22-20(21)17-7-5-6-8-18(17)31-22/h9-13H,4-8H2,1-3H3,(H,26,28). The van der Waals surface area contributed by atoms with Gasteiger partial charge < -0.3 is 5.32 Å². The Labute approximate surface area is 190 Å². The summed E-state index contributed by atoms with van der Waals surface area (Å²) in [5.74, 6) is 0.567. The van der Waals surface area contributed by atoms with Crippen molar-refractivity contribution < 1.29 is 0 Å². The summed E-state index contributed by atoms with van der Waals surface area (Å²) in [6.45, 7) is 6.13. The van der Waals surface area contributed by atoms with Crippen molar-refractivity contribution in [2.75, 3.05) is 5.32 Å². The summed E-state index contributed by atoms with van der Waals surface area (Å²) in [5, 5.41) is 5.77. The van der Waals surface area contributed by atoms with Crippen LogP contribution in [0.3, 0.4) is 0 Å². The quantitative estimate of drug-likeness (QED) is 0.409. The molecule has 1 unspecified atom stereocenters. The Hall–Kier alpha value is -2.44. The summed E-state index contributed by atoms with van der Waals surface area (Å²) in [7, 11) is 0. The highest BCUT2D eigenvalue weighted by Gasteiger charge is 2.24. The third kappa shape index (κ3) is 3.42. The first-order chi connectivity index (χ1) is 15.0. The SMILES string of the molecule is CCC(C)Nc1nc2c(c(C)nc3sc4c(c32)CCCC4)c(=O)n1-c1ccc(Cl)cc1. The molecule has 1 aliphatic rings. The van der Waals surface area contributed by atoms with Crippen LogP contribution >= 0.6 is 22.9 Å². The molecule has 1 aromatic carbocycles. The van der Waals surface area contributed by atoms with E-state index < -0.39 is 0 Å². The predicted molar refractivity (Wildman–Crippen MR) is 130 cm³/mol. The van der Waals surface area contributed by atoms with Crippen LogP contribution in [0.4, 0.5) is 5.95 Å². The molecular weight excluding hydrogens is 428 g/mol. The van der Waals surface area contributed by atoms with Crippen LogP contribution in [0.5, 0.6) is 0 Å². The van der Waals surface area contributed by atoms with Gasteiger partial charge in [-0.1, -0.05) is 18.5 Å². The topological polar surface area (TPSA) is 59.8 Å². The van der Waals surface area contributed by atoms with Gasteiger partial charge >= 0.3 is 0 Å². The highest BCUT2D eigenvalue weighted by atomic mass is 35.5. The zero-order valence-corrected chi connectivity index (χ0v) is 19.5. The van der Waals surface area contributed by atoms with E-state index in [4.69, 9.17) is 21.6 Å². The Kier molecular flexibility index (Phi) is 5.22. The molecule has 1 N–H and O–H groups in total. The van der Waals surface area contributed by atoms with Crippen molar-refractivity contribution in [2.45, 2.75) is 58.9 Å². The normalized spacial score (nSPS) is 14.7. The molecule has 5 nitrogen and oxygen atoms in total. The van der Waals surface area contributed by atoms with E-state index in [0.29, 0.717) is 16.4 Å². The van der Waals surface area contributed by atoms with Crippen LogP contribution in [-0.4, -0.2) is 20.6 Å². The predicted octanol–water partition coefficient (Wildman–Crippen LogP) is 6.05. The molecule has 1 aliphatic carbocycles. The molecule has 0 saturated carbocycles. The number of rotatable bonds is 4. The third-order valence-corrected chi connectivity index (χ3v) is 7.61. The van der Waals surface area contributed by atoms with Crippen molar-refractivity contribution in [1.29, 1.82) is 0 Å². The fraction of sp³-hybridized carbons (Fsp3) is 0.375. The second kappa shape index (κ2) is 7.92. The van der Waals surface area contributed by atoms with E-state index in [0.717, 1.165) is 46.4 Å². The molecule has 0 fully saturated rings. The Morgan fingerprint density at radius 1 is 1.16 bits per heavy atom. The van der Waals surface area contributed by atoms with Crippen molar-refractivity contribution in [3.63, 3.8) is 0 Å². The fourth-order valence-electron chi connectivity index (χ4n) is 4.36. The van der Waals surface area contributed by atoms with E-state index in [1.165, 1.54) is 23.3 Å². The van der Waals surface area contributed by atoms with Gasteiger partial charge in [-0.15, -0.1) is 11.3 Å². The number of aromatic nitrogens is 3. The average Bonchev–Trinajstić information content (AvgIpc) is 3.12. The first-order valence-electron chi connectivity index (χ1n) is 10.9. The van der Waals surface area contributed by atoms with Crippen molar-refractivity contribution in [1.82, 2.24) is 14.5 Å². The van der Waals surface area contributed by atoms with E-state index in [-0.39, 0.29) is 11.6 Å². The molecular formula is C24H25ClN4OS. The lowest BCUT2D eigenvalue weighted by molar-refractivity contribution is 0.700. The molecule has 0 amide bonds. The van der Waals surface area contributed by atoms with Gasteiger partial charge in [0.25, 0.3) is 5.56 Å². The number of halogens is 1. The van der Waals surface area contributed by atoms with Crippen LogP contribution in [0.1, 0.15) is 49.2 Å². The summed E-state index contributed by atoms with van der Waals surface area (Å²) in [4.78, 5) is 26.2. The number of hydrogen-bond acceptors (Lipinski definition) is 5. The molecule has 31 heavy (non-hydrogen) atoms. The lowest BCUT2D eigenvalue weighted by Crippen LogP contribution is -2.27. The summed E-state index contributed by atoms with van der Waals surface area (Å²) >= 11 is 7.86. The van der Waals surface area contributed by atoms with Crippen molar-refractivity contribution in [3.05, 3.63) is 55.8 Å². The van der Waals surface area contributed by atoms with Gasteiger partial charge in [0.2, 0.25) is 5.95 Å². The van der Waals surface area contributed by atoms with Crippen molar-refractivity contribution in [3.8, 4) is 5.69 Å². The zero-order valence-electron chi connectivity index (χ0n) is 18.0. The Bertz CT molecular complexity index is 1360. The summed E-state index contributed by atoms with van der Waals surface area (Å²) < 4.78 is 1.66. The molecule has 0 spiro atoms. The van der Waals surface area contributed by atoms with Crippen LogP contribution in [0, 0.1) is 6.92 Å². The van der Waals surface area contributed by atoms with Crippen LogP contribution in [0.15, 0.2) is 29.1 Å². The second-order valence-electron chi connectivity index (χ2n) is 8.32. The van der Waals surface area contributed by atoms with Gasteiger partial charge in [-0.3, -0.25) is 4.79 Å². The maximum atomic E-state index is 13.9. The maximum absolute atomic E-state index is 13.9. The molecule has 4 aromatic rings. The lowest BCUT2D eigenvalue weighted by Gasteiger charge is -2.19. The summed E-state index contributed by atoms with van der Waals surface area (Å²) in [6, 6.07) is 7.48. The van der Waals surface area contributed by atoms with Gasteiger partial charge in [0.15, 0.2) is 0 Å². The number of anilines is 1. The Morgan fingerprint density at radius 2 is 1.90 bits per heavy atom. The lowest BCUT2D eigenvalue weighted by atomic mass is 9.96. The smallest absolute Gasteiger partial charge is 0.269 e. The van der Waals surface area contributed by atoms with E-state index in [1.54, 1.807) is 28.0 Å². The maximum Gasteiger partial charge on any atom is 0.269 e. The van der Waals surface area contributed by atoms with Gasteiger partial charge in [-0.2, -0.15) is 0 Å². The number of fused-ring (bicyclic) bond motifs is 5. The van der Waals surface area contributed by atoms with Gasteiger partial charge in [0.1, 0.15) is 4.83 Å². The first-order valence-corrected chi connectivity index (χ1v) is 12.1. The van der Waals surface area contributed by atoms with Gasteiger partial charge in [-0.25, -0.2) is 14.5 Å². The minimum absolute atomic E-state index is 0.0965. The second-order valence-corrected chi connectivity index (χ2v) is 9.84. The monoisotopic (exact) mass is 452 g/mol. The van der Waals surface area contributed by atoms with Gasteiger partial charge in [-0.05, 0) is 75.8 Å². The van der Waals surface area contributed by atoms with Crippen LogP contribution in [0.25, 0.3) is 26.8 Å². The first kappa shape index (κ1) is 20.5. The largest absolute Gasteiger partial charge is 0.353 e. The molecule has 0 bridgehead atoms. The summed E-state index contributed by atoms with van der Waals surface area (Å²) in [6.07, 6.45) is 5.44.